The van der Waals surface area contributed by atoms with Gasteiger partial charge in [0.15, 0.2) is 5.82 Å². The van der Waals surface area contributed by atoms with E-state index in [0.29, 0.717) is 17.6 Å². The highest BCUT2D eigenvalue weighted by atomic mass is 32.2. The third-order valence-electron chi connectivity index (χ3n) is 2.82. The van der Waals surface area contributed by atoms with Crippen molar-refractivity contribution in [3.63, 3.8) is 0 Å². The smallest absolute Gasteiger partial charge is 0.237 e. The molecule has 0 amide bonds. The third-order valence-corrected chi connectivity index (χ3v) is 3.77. The summed E-state index contributed by atoms with van der Waals surface area (Å²) in [6.45, 7) is 1.56. The molecule has 8 nitrogen and oxygen atoms in total. The van der Waals surface area contributed by atoms with Gasteiger partial charge in [-0.05, 0) is 30.3 Å². The molecule has 9 heteroatoms. The van der Waals surface area contributed by atoms with Crippen LogP contribution in [0.25, 0.3) is 0 Å². The molecule has 1 N–H and O–H groups in total. The van der Waals surface area contributed by atoms with Crippen molar-refractivity contribution in [3.8, 4) is 0 Å². The molecule has 102 valence electrons. The standard InChI is InChI=1S/C10H15N7OS/c1-11-4-5-17-10(13-15-16-17)19-6-8-12-9(14-18-8)7-2-3-7/h7,11H,2-6H2,1H3. The average Bonchev–Trinajstić information content (AvgIpc) is 3.01. The fourth-order valence-corrected chi connectivity index (χ4v) is 2.36. The van der Waals surface area contributed by atoms with Gasteiger partial charge in [-0.3, -0.25) is 0 Å². The minimum atomic E-state index is 0.517. The van der Waals surface area contributed by atoms with E-state index in [1.54, 1.807) is 4.68 Å². The van der Waals surface area contributed by atoms with Crippen molar-refractivity contribution < 1.29 is 4.52 Å². The minimum Gasteiger partial charge on any atom is -0.338 e. The predicted molar refractivity (Wildman–Crippen MR) is 67.6 cm³/mol. The van der Waals surface area contributed by atoms with E-state index in [4.69, 9.17) is 4.52 Å². The first kappa shape index (κ1) is 12.5. The van der Waals surface area contributed by atoms with Crippen molar-refractivity contribution in [3.05, 3.63) is 11.7 Å². The van der Waals surface area contributed by atoms with Crippen LogP contribution < -0.4 is 5.32 Å². The molecule has 1 aliphatic rings. The molecule has 3 rings (SSSR count). The fourth-order valence-electron chi connectivity index (χ4n) is 1.62. The molecule has 0 spiro atoms. The summed E-state index contributed by atoms with van der Waals surface area (Å²) in [5.41, 5.74) is 0. The second kappa shape index (κ2) is 5.66. The average molecular weight is 281 g/mol. The summed E-state index contributed by atoms with van der Waals surface area (Å²) >= 11 is 1.51. The van der Waals surface area contributed by atoms with Gasteiger partial charge in [-0.1, -0.05) is 16.9 Å². The highest BCUT2D eigenvalue weighted by molar-refractivity contribution is 7.98. The lowest BCUT2D eigenvalue weighted by Crippen LogP contribution is -2.16. The number of rotatable bonds is 7. The molecule has 0 atom stereocenters. The maximum atomic E-state index is 5.21. The van der Waals surface area contributed by atoms with Gasteiger partial charge in [0, 0.05) is 12.5 Å². The maximum Gasteiger partial charge on any atom is 0.237 e. The van der Waals surface area contributed by atoms with Crippen LogP contribution in [0.4, 0.5) is 0 Å². The fraction of sp³-hybridized carbons (Fsp3) is 0.700. The Bertz CT molecular complexity index is 535. The summed E-state index contributed by atoms with van der Waals surface area (Å²) in [6, 6.07) is 0. The summed E-state index contributed by atoms with van der Waals surface area (Å²) in [7, 11) is 1.90. The zero-order chi connectivity index (χ0) is 13.1. The van der Waals surface area contributed by atoms with Crippen LogP contribution >= 0.6 is 11.8 Å². The number of likely N-dealkylation sites (N-methyl/N-ethyl adjacent to an activating group) is 1. The van der Waals surface area contributed by atoms with Crippen molar-refractivity contribution >= 4 is 11.8 Å². The summed E-state index contributed by atoms with van der Waals surface area (Å²) in [5, 5.41) is 19.4. The number of tetrazole rings is 1. The Labute approximate surface area is 114 Å². The van der Waals surface area contributed by atoms with Crippen LogP contribution in [0, 0.1) is 0 Å². The van der Waals surface area contributed by atoms with Gasteiger partial charge in [0.05, 0.1) is 12.3 Å². The van der Waals surface area contributed by atoms with Gasteiger partial charge in [0.2, 0.25) is 11.0 Å². The summed E-state index contributed by atoms with van der Waals surface area (Å²) in [6.07, 6.45) is 2.35. The Morgan fingerprint density at radius 3 is 3.16 bits per heavy atom. The lowest BCUT2D eigenvalue weighted by atomic mass is 10.4. The first-order valence-corrected chi connectivity index (χ1v) is 7.21. The van der Waals surface area contributed by atoms with E-state index >= 15 is 0 Å². The van der Waals surface area contributed by atoms with E-state index in [2.05, 4.69) is 31.0 Å². The van der Waals surface area contributed by atoms with Gasteiger partial charge in [-0.15, -0.1) is 5.10 Å². The van der Waals surface area contributed by atoms with Gasteiger partial charge in [-0.2, -0.15) is 4.98 Å². The van der Waals surface area contributed by atoms with E-state index in [9.17, 15) is 0 Å². The third kappa shape index (κ3) is 3.10. The quantitative estimate of drug-likeness (QED) is 0.731. The lowest BCUT2D eigenvalue weighted by Gasteiger charge is -2.01. The molecule has 0 aromatic carbocycles. The van der Waals surface area contributed by atoms with E-state index < -0.39 is 0 Å². The summed E-state index contributed by atoms with van der Waals surface area (Å²) < 4.78 is 6.98. The van der Waals surface area contributed by atoms with Crippen LogP contribution in [0.1, 0.15) is 30.5 Å². The van der Waals surface area contributed by atoms with Crippen molar-refractivity contribution in [1.29, 1.82) is 0 Å². The van der Waals surface area contributed by atoms with Crippen LogP contribution in [0.15, 0.2) is 9.68 Å². The molecule has 0 saturated heterocycles. The lowest BCUT2D eigenvalue weighted by molar-refractivity contribution is 0.385. The molecule has 0 aliphatic heterocycles. The Balaban J connectivity index is 1.57. The normalized spacial score (nSPS) is 15.0. The van der Waals surface area contributed by atoms with Crippen molar-refractivity contribution in [2.75, 3.05) is 13.6 Å². The molecule has 0 radical (unpaired) electrons. The van der Waals surface area contributed by atoms with Gasteiger partial charge in [0.25, 0.3) is 0 Å². The second-order valence-electron chi connectivity index (χ2n) is 4.40. The van der Waals surface area contributed by atoms with Gasteiger partial charge in [0.1, 0.15) is 0 Å². The number of nitrogens with zero attached hydrogens (tertiary/aromatic N) is 6. The molecule has 1 saturated carbocycles. The molecule has 0 bridgehead atoms. The number of aromatic nitrogens is 6. The maximum absolute atomic E-state index is 5.21. The molecule has 0 unspecified atom stereocenters. The van der Waals surface area contributed by atoms with Crippen molar-refractivity contribution in [2.45, 2.75) is 36.2 Å². The van der Waals surface area contributed by atoms with Crippen LogP contribution in [0.5, 0.6) is 0 Å². The Morgan fingerprint density at radius 2 is 2.37 bits per heavy atom. The molecular formula is C10H15N7OS. The Hall–Kier alpha value is -1.48. The van der Waals surface area contributed by atoms with E-state index in [1.807, 2.05) is 7.05 Å². The molecule has 2 aromatic rings. The summed E-state index contributed by atoms with van der Waals surface area (Å²) in [5.74, 6) is 2.59. The topological polar surface area (TPSA) is 94.6 Å². The van der Waals surface area contributed by atoms with Crippen LogP contribution in [-0.2, 0) is 12.3 Å². The molecule has 1 fully saturated rings. The Kier molecular flexibility index (Phi) is 3.74. The van der Waals surface area contributed by atoms with Crippen molar-refractivity contribution in [2.24, 2.45) is 0 Å². The molecule has 19 heavy (non-hydrogen) atoms. The van der Waals surface area contributed by atoms with Crippen molar-refractivity contribution in [1.82, 2.24) is 35.7 Å². The van der Waals surface area contributed by atoms with Gasteiger partial charge < -0.3 is 9.84 Å². The van der Waals surface area contributed by atoms with Crippen LogP contribution in [-0.4, -0.2) is 43.9 Å². The zero-order valence-electron chi connectivity index (χ0n) is 10.6. The van der Waals surface area contributed by atoms with Gasteiger partial charge >= 0.3 is 0 Å². The van der Waals surface area contributed by atoms with E-state index in [-0.39, 0.29) is 0 Å². The highest BCUT2D eigenvalue weighted by Gasteiger charge is 2.28. The van der Waals surface area contributed by atoms with Gasteiger partial charge in [-0.25, -0.2) is 4.68 Å². The SMILES string of the molecule is CNCCn1nnnc1SCc1nc(C2CC2)no1. The van der Waals surface area contributed by atoms with Crippen LogP contribution in [0.3, 0.4) is 0 Å². The molecular weight excluding hydrogens is 266 g/mol. The zero-order valence-corrected chi connectivity index (χ0v) is 11.4. The minimum absolute atomic E-state index is 0.517. The van der Waals surface area contributed by atoms with E-state index in [0.717, 1.165) is 24.1 Å². The number of hydrogen-bond donors (Lipinski definition) is 1. The van der Waals surface area contributed by atoms with Crippen LogP contribution in [0.2, 0.25) is 0 Å². The number of hydrogen-bond acceptors (Lipinski definition) is 8. The second-order valence-corrected chi connectivity index (χ2v) is 5.34. The van der Waals surface area contributed by atoms with E-state index in [1.165, 1.54) is 24.6 Å². The Morgan fingerprint density at radius 1 is 1.47 bits per heavy atom. The highest BCUT2D eigenvalue weighted by Crippen LogP contribution is 2.38. The number of thioether (sulfide) groups is 1. The first-order valence-electron chi connectivity index (χ1n) is 6.23. The monoisotopic (exact) mass is 281 g/mol. The molecule has 2 heterocycles. The molecule has 2 aromatic heterocycles. The molecule has 1 aliphatic carbocycles. The largest absolute Gasteiger partial charge is 0.338 e. The number of nitrogens with one attached hydrogen (secondary N) is 1. The predicted octanol–water partition coefficient (Wildman–Crippen LogP) is 0.445. The summed E-state index contributed by atoms with van der Waals surface area (Å²) in [4.78, 5) is 4.37. The first-order chi connectivity index (χ1) is 9.36.